The Morgan fingerprint density at radius 2 is 2.26 bits per heavy atom. The molecule has 19 heavy (non-hydrogen) atoms. The zero-order chi connectivity index (χ0) is 14.0. The van der Waals surface area contributed by atoms with Crippen molar-refractivity contribution in [3.05, 3.63) is 34.8 Å². The maximum absolute atomic E-state index is 12.4. The molecule has 0 amide bonds. The van der Waals surface area contributed by atoms with Gasteiger partial charge in [0.05, 0.1) is 6.20 Å². The predicted octanol–water partition coefficient (Wildman–Crippen LogP) is 1.73. The molecule has 2 heterocycles. The molecule has 2 rings (SSSR count). The number of nitrogens with zero attached hydrogens (tertiary/aromatic N) is 3. The summed E-state index contributed by atoms with van der Waals surface area (Å²) >= 11 is 1.64. The topological polar surface area (TPSA) is 55.2 Å². The Bertz CT molecular complexity index is 632. The van der Waals surface area contributed by atoms with E-state index in [2.05, 4.69) is 5.10 Å². The van der Waals surface area contributed by atoms with Gasteiger partial charge in [-0.25, -0.2) is 8.42 Å². The van der Waals surface area contributed by atoms with E-state index in [1.165, 1.54) is 26.3 Å². The van der Waals surface area contributed by atoms with Gasteiger partial charge in [-0.3, -0.25) is 4.68 Å². The van der Waals surface area contributed by atoms with Crippen molar-refractivity contribution in [3.8, 4) is 0 Å². The summed E-state index contributed by atoms with van der Waals surface area (Å²) in [7, 11) is -0.152. The first-order valence-corrected chi connectivity index (χ1v) is 8.22. The van der Waals surface area contributed by atoms with E-state index in [-0.39, 0.29) is 10.9 Å². The van der Waals surface area contributed by atoms with Crippen LogP contribution < -0.4 is 0 Å². The predicted molar refractivity (Wildman–Crippen MR) is 75.6 cm³/mol. The lowest BCUT2D eigenvalue weighted by Crippen LogP contribution is -2.36. The fourth-order valence-corrected chi connectivity index (χ4v) is 3.96. The molecule has 0 saturated heterocycles. The molecule has 0 aromatic carbocycles. The number of hydrogen-bond donors (Lipinski definition) is 0. The van der Waals surface area contributed by atoms with Gasteiger partial charge in [-0.2, -0.15) is 9.40 Å². The lowest BCUT2D eigenvalue weighted by Gasteiger charge is -2.23. The molecular weight excluding hydrogens is 282 g/mol. The van der Waals surface area contributed by atoms with Gasteiger partial charge in [0.1, 0.15) is 4.90 Å². The molecule has 0 bridgehead atoms. The first-order valence-electron chi connectivity index (χ1n) is 5.90. The van der Waals surface area contributed by atoms with Gasteiger partial charge in [0.2, 0.25) is 10.0 Å². The molecule has 0 aliphatic heterocycles. The van der Waals surface area contributed by atoms with Crippen molar-refractivity contribution in [1.82, 2.24) is 14.1 Å². The standard InChI is InChI=1S/C12H17N3O2S2/c1-10(7-11-5-4-6-18-11)15(3)19(16,17)12-8-13-14(2)9-12/h4-6,8-10H,7H2,1-3H3/t10-/m0/s1. The van der Waals surface area contributed by atoms with E-state index in [0.717, 1.165) is 0 Å². The summed E-state index contributed by atoms with van der Waals surface area (Å²) in [6, 6.07) is 3.90. The zero-order valence-electron chi connectivity index (χ0n) is 11.1. The van der Waals surface area contributed by atoms with Gasteiger partial charge in [0, 0.05) is 31.2 Å². The van der Waals surface area contributed by atoms with Crippen LogP contribution in [0, 0.1) is 0 Å². The first kappa shape index (κ1) is 14.2. The highest BCUT2D eigenvalue weighted by Gasteiger charge is 2.26. The third kappa shape index (κ3) is 3.05. The van der Waals surface area contributed by atoms with Gasteiger partial charge in [-0.1, -0.05) is 6.07 Å². The van der Waals surface area contributed by atoms with Crippen molar-refractivity contribution >= 4 is 21.4 Å². The van der Waals surface area contributed by atoms with Crippen LogP contribution in [0.15, 0.2) is 34.8 Å². The fourth-order valence-electron chi connectivity index (χ4n) is 1.78. The highest BCUT2D eigenvalue weighted by atomic mass is 32.2. The molecular formula is C12H17N3O2S2. The van der Waals surface area contributed by atoms with Crippen LogP contribution >= 0.6 is 11.3 Å². The Morgan fingerprint density at radius 3 is 2.79 bits per heavy atom. The van der Waals surface area contributed by atoms with Gasteiger partial charge in [-0.05, 0) is 24.8 Å². The van der Waals surface area contributed by atoms with Crippen molar-refractivity contribution in [2.24, 2.45) is 7.05 Å². The average Bonchev–Trinajstić information content (AvgIpc) is 2.99. The molecule has 5 nitrogen and oxygen atoms in total. The molecule has 0 radical (unpaired) electrons. The molecule has 2 aromatic rings. The Morgan fingerprint density at radius 1 is 1.53 bits per heavy atom. The van der Waals surface area contributed by atoms with Crippen molar-refractivity contribution in [2.45, 2.75) is 24.3 Å². The SMILES string of the molecule is C[C@@H](Cc1cccs1)N(C)S(=O)(=O)c1cnn(C)c1. The van der Waals surface area contributed by atoms with Gasteiger partial charge in [0.15, 0.2) is 0 Å². The third-order valence-corrected chi connectivity index (χ3v) is 5.88. The van der Waals surface area contributed by atoms with Crippen LogP contribution in [0.25, 0.3) is 0 Å². The molecule has 0 aliphatic rings. The van der Waals surface area contributed by atoms with Crippen molar-refractivity contribution in [1.29, 1.82) is 0 Å². The molecule has 104 valence electrons. The Labute approximate surface area is 117 Å². The van der Waals surface area contributed by atoms with Gasteiger partial charge in [-0.15, -0.1) is 11.3 Å². The summed E-state index contributed by atoms with van der Waals surface area (Å²) < 4.78 is 27.7. The molecule has 0 aliphatic carbocycles. The minimum Gasteiger partial charge on any atom is -0.274 e. The van der Waals surface area contributed by atoms with Crippen LogP contribution in [-0.4, -0.2) is 35.6 Å². The number of rotatable bonds is 5. The Hall–Kier alpha value is -1.18. The highest BCUT2D eigenvalue weighted by molar-refractivity contribution is 7.89. The number of hydrogen-bond acceptors (Lipinski definition) is 4. The van der Waals surface area contributed by atoms with Crippen LogP contribution in [0.4, 0.5) is 0 Å². The minimum atomic E-state index is -3.47. The van der Waals surface area contributed by atoms with Crippen LogP contribution in [-0.2, 0) is 23.5 Å². The van der Waals surface area contributed by atoms with E-state index >= 15 is 0 Å². The monoisotopic (exact) mass is 299 g/mol. The number of thiophene rings is 1. The van der Waals surface area contributed by atoms with Crippen molar-refractivity contribution in [3.63, 3.8) is 0 Å². The first-order chi connectivity index (χ1) is 8.91. The molecule has 0 N–H and O–H groups in total. The van der Waals surface area contributed by atoms with Crippen LogP contribution in [0.3, 0.4) is 0 Å². The second-order valence-corrected chi connectivity index (χ2v) is 7.53. The van der Waals surface area contributed by atoms with E-state index in [1.807, 2.05) is 24.4 Å². The summed E-state index contributed by atoms with van der Waals surface area (Å²) in [5.41, 5.74) is 0. The van der Waals surface area contributed by atoms with E-state index in [9.17, 15) is 8.42 Å². The summed E-state index contributed by atoms with van der Waals surface area (Å²) in [5.74, 6) is 0. The Balaban J connectivity index is 2.16. The smallest absolute Gasteiger partial charge is 0.246 e. The van der Waals surface area contributed by atoms with E-state index < -0.39 is 10.0 Å². The molecule has 0 fully saturated rings. The number of aromatic nitrogens is 2. The second kappa shape index (κ2) is 5.44. The number of sulfonamides is 1. The van der Waals surface area contributed by atoms with Crippen LogP contribution in [0.5, 0.6) is 0 Å². The summed E-state index contributed by atoms with van der Waals surface area (Å²) in [5, 5.41) is 5.91. The normalized spacial score (nSPS) is 13.9. The summed E-state index contributed by atoms with van der Waals surface area (Å²) in [6.07, 6.45) is 3.61. The largest absolute Gasteiger partial charge is 0.274 e. The number of aryl methyl sites for hydroxylation is 1. The van der Waals surface area contributed by atoms with Gasteiger partial charge in [0.25, 0.3) is 0 Å². The van der Waals surface area contributed by atoms with Crippen molar-refractivity contribution < 1.29 is 8.42 Å². The summed E-state index contributed by atoms with van der Waals surface area (Å²) in [6.45, 7) is 1.91. The molecule has 1 atom stereocenters. The lowest BCUT2D eigenvalue weighted by molar-refractivity contribution is 0.388. The molecule has 2 aromatic heterocycles. The van der Waals surface area contributed by atoms with E-state index in [1.54, 1.807) is 25.4 Å². The third-order valence-electron chi connectivity index (χ3n) is 3.06. The second-order valence-electron chi connectivity index (χ2n) is 4.50. The highest BCUT2D eigenvalue weighted by Crippen LogP contribution is 2.19. The maximum Gasteiger partial charge on any atom is 0.246 e. The van der Waals surface area contributed by atoms with Crippen molar-refractivity contribution in [2.75, 3.05) is 7.05 Å². The van der Waals surface area contributed by atoms with Crippen LogP contribution in [0.2, 0.25) is 0 Å². The average molecular weight is 299 g/mol. The molecule has 0 saturated carbocycles. The Kier molecular flexibility index (Phi) is 4.07. The van der Waals surface area contributed by atoms with Gasteiger partial charge >= 0.3 is 0 Å². The molecule has 7 heteroatoms. The summed E-state index contributed by atoms with van der Waals surface area (Å²) in [4.78, 5) is 1.41. The lowest BCUT2D eigenvalue weighted by atomic mass is 10.2. The quantitative estimate of drug-likeness (QED) is 0.845. The molecule has 0 spiro atoms. The minimum absolute atomic E-state index is 0.0937. The van der Waals surface area contributed by atoms with Crippen LogP contribution in [0.1, 0.15) is 11.8 Å². The van der Waals surface area contributed by atoms with Gasteiger partial charge < -0.3 is 0 Å². The maximum atomic E-state index is 12.4. The zero-order valence-corrected chi connectivity index (χ0v) is 12.8. The fraction of sp³-hybridized carbons (Fsp3) is 0.417. The molecule has 0 unspecified atom stereocenters. The van der Waals surface area contributed by atoms with E-state index in [0.29, 0.717) is 6.42 Å². The van der Waals surface area contributed by atoms with E-state index in [4.69, 9.17) is 0 Å². The number of likely N-dealkylation sites (N-methyl/N-ethyl adjacent to an activating group) is 1.